The third-order valence-electron chi connectivity index (χ3n) is 15.6. The first-order valence-electron chi connectivity index (χ1n) is 25.0. The maximum Gasteiger partial charge on any atom is 0.0376 e. The minimum atomic E-state index is -0.211. The number of hydrogen-bond donors (Lipinski definition) is 0. The Balaban J connectivity index is 1.35. The summed E-state index contributed by atoms with van der Waals surface area (Å²) in [6, 6.07) is 70.1. The fraction of sp³-hybridized carbons (Fsp3) is 0.143. The van der Waals surface area contributed by atoms with Gasteiger partial charge in [0.25, 0.3) is 0 Å². The largest absolute Gasteiger partial charge is 0.0616 e. The molecule has 0 saturated carbocycles. The van der Waals surface area contributed by atoms with E-state index in [9.17, 15) is 0 Å². The second kappa shape index (κ2) is 16.7. The van der Waals surface area contributed by atoms with Crippen molar-refractivity contribution >= 4 is 64.6 Å². The first-order chi connectivity index (χ1) is 34.0. The van der Waals surface area contributed by atoms with Gasteiger partial charge in [0.2, 0.25) is 0 Å². The fourth-order valence-corrected chi connectivity index (χ4v) is 13.4. The van der Waals surface area contributed by atoms with Gasteiger partial charge in [0, 0.05) is 5.92 Å². The summed E-state index contributed by atoms with van der Waals surface area (Å²) in [5, 5.41) is 15.4. The van der Waals surface area contributed by atoms with Gasteiger partial charge in [0.1, 0.15) is 0 Å². The molecule has 0 heteroatoms. The van der Waals surface area contributed by atoms with E-state index in [-0.39, 0.29) is 5.92 Å². The van der Waals surface area contributed by atoms with Crippen molar-refractivity contribution in [2.45, 2.75) is 68.2 Å². The lowest BCUT2D eigenvalue weighted by molar-refractivity contribution is 1.05. The average molecular weight is 899 g/mol. The van der Waals surface area contributed by atoms with Crippen molar-refractivity contribution in [2.75, 3.05) is 0 Å². The highest BCUT2D eigenvalue weighted by molar-refractivity contribution is 6.22. The molecule has 0 aliphatic heterocycles. The van der Waals surface area contributed by atoms with Crippen molar-refractivity contribution in [3.05, 3.63) is 249 Å². The van der Waals surface area contributed by atoms with Gasteiger partial charge in [-0.3, -0.25) is 0 Å². The third kappa shape index (κ3) is 6.64. The van der Waals surface area contributed by atoms with Crippen LogP contribution in [0.25, 0.3) is 98.0 Å². The lowest BCUT2D eigenvalue weighted by Crippen LogP contribution is -2.10. The summed E-state index contributed by atoms with van der Waals surface area (Å²) in [6.07, 6.45) is 0. The molecule has 338 valence electrons. The topological polar surface area (TPSA) is 0 Å². The summed E-state index contributed by atoms with van der Waals surface area (Å²) in [4.78, 5) is 0. The molecule has 0 aliphatic rings. The zero-order chi connectivity index (χ0) is 48.1. The first-order valence-corrected chi connectivity index (χ1v) is 25.0. The minimum absolute atomic E-state index is 0.211. The van der Waals surface area contributed by atoms with Crippen LogP contribution >= 0.6 is 0 Å². The molecule has 70 heavy (non-hydrogen) atoms. The predicted molar refractivity (Wildman–Crippen MR) is 304 cm³/mol. The van der Waals surface area contributed by atoms with Crippen molar-refractivity contribution in [3.63, 3.8) is 0 Å². The molecular weight excluding hydrogens is 841 g/mol. The Morgan fingerprint density at radius 3 is 0.529 bits per heavy atom. The predicted octanol–water partition coefficient (Wildman–Crippen LogP) is 19.6. The molecule has 0 amide bonds. The smallest absolute Gasteiger partial charge is 0.0376 e. The SMILES string of the molecule is Cc1cc(C)c(-c2c3ccccc3c(C(c3c4ccccc4c(-c4c(C)cc(C)cc4C)c4ccccc34)c3c4ccccc4c(-c4c(C)cc(C)cc4C)c4ccccc34)c3ccccc23)c(C)c1. The minimum Gasteiger partial charge on any atom is -0.0616 e. The van der Waals surface area contributed by atoms with E-state index >= 15 is 0 Å². The van der Waals surface area contributed by atoms with E-state index in [0.29, 0.717) is 0 Å². The van der Waals surface area contributed by atoms with Gasteiger partial charge in [-0.1, -0.05) is 199 Å². The number of fused-ring (bicyclic) bond motifs is 6. The van der Waals surface area contributed by atoms with Gasteiger partial charge in [-0.2, -0.15) is 0 Å². The average Bonchev–Trinajstić information content (AvgIpc) is 3.34. The van der Waals surface area contributed by atoms with Gasteiger partial charge >= 0.3 is 0 Å². The Labute approximate surface area is 412 Å². The second-order valence-corrected chi connectivity index (χ2v) is 20.4. The Morgan fingerprint density at radius 1 is 0.200 bits per heavy atom. The summed E-state index contributed by atoms with van der Waals surface area (Å²) < 4.78 is 0. The zero-order valence-corrected chi connectivity index (χ0v) is 41.9. The summed E-state index contributed by atoms with van der Waals surface area (Å²) in [6.45, 7) is 20.4. The van der Waals surface area contributed by atoms with Crippen molar-refractivity contribution in [2.24, 2.45) is 0 Å². The van der Waals surface area contributed by atoms with Crippen molar-refractivity contribution < 1.29 is 0 Å². The quantitative estimate of drug-likeness (QED) is 0.115. The second-order valence-electron chi connectivity index (χ2n) is 20.4. The van der Waals surface area contributed by atoms with Crippen LogP contribution in [0, 0.1) is 62.3 Å². The maximum absolute atomic E-state index is 2.42. The molecule has 0 aromatic heterocycles. The highest BCUT2D eigenvalue weighted by Gasteiger charge is 2.33. The molecule has 12 aromatic carbocycles. The highest BCUT2D eigenvalue weighted by atomic mass is 14.4. The van der Waals surface area contributed by atoms with E-state index in [2.05, 4.69) is 244 Å². The lowest BCUT2D eigenvalue weighted by Gasteiger charge is -2.31. The van der Waals surface area contributed by atoms with Crippen LogP contribution in [0.3, 0.4) is 0 Å². The maximum atomic E-state index is 2.42. The van der Waals surface area contributed by atoms with Crippen LogP contribution in [0.5, 0.6) is 0 Å². The molecule has 0 fully saturated rings. The van der Waals surface area contributed by atoms with E-state index in [1.807, 2.05) is 0 Å². The third-order valence-corrected chi connectivity index (χ3v) is 15.6. The Hall–Kier alpha value is -7.80. The number of benzene rings is 12. The molecule has 12 rings (SSSR count). The molecule has 0 bridgehead atoms. The van der Waals surface area contributed by atoms with Crippen LogP contribution in [0.2, 0.25) is 0 Å². The van der Waals surface area contributed by atoms with Crippen molar-refractivity contribution in [1.82, 2.24) is 0 Å². The molecule has 0 aliphatic carbocycles. The van der Waals surface area contributed by atoms with Crippen LogP contribution < -0.4 is 0 Å². The van der Waals surface area contributed by atoms with Crippen LogP contribution in [-0.4, -0.2) is 0 Å². The monoisotopic (exact) mass is 898 g/mol. The van der Waals surface area contributed by atoms with Gasteiger partial charge < -0.3 is 0 Å². The van der Waals surface area contributed by atoms with Crippen molar-refractivity contribution in [1.29, 1.82) is 0 Å². The van der Waals surface area contributed by atoms with Gasteiger partial charge in [-0.25, -0.2) is 0 Å². The van der Waals surface area contributed by atoms with Crippen LogP contribution in [-0.2, 0) is 0 Å². The molecule has 0 atom stereocenters. The highest BCUT2D eigenvalue weighted by Crippen LogP contribution is 2.55. The van der Waals surface area contributed by atoms with Gasteiger partial charge in [0.05, 0.1) is 0 Å². The summed E-state index contributed by atoms with van der Waals surface area (Å²) in [7, 11) is 0. The normalized spacial score (nSPS) is 11.9. The van der Waals surface area contributed by atoms with Crippen molar-refractivity contribution in [3.8, 4) is 33.4 Å². The molecule has 0 N–H and O–H groups in total. The standard InChI is InChI=1S/C70H58/c1-40-34-43(4)61(44(5)35-40)64-49-22-10-16-28-55(49)67(56-29-17-11-23-50(56)64)70(68-57-30-18-12-24-51(57)65(52-25-13-19-31-58(52)68)62-45(6)36-41(2)37-46(62)7)69-59-32-20-14-26-53(59)66(54-27-15-21-33-60(54)69)63-47(8)38-42(3)39-48(63)9/h10-39,70H,1-9H3. The number of rotatable bonds is 6. The summed E-state index contributed by atoms with van der Waals surface area (Å²) in [5.41, 5.74) is 23.7. The summed E-state index contributed by atoms with van der Waals surface area (Å²) in [5.74, 6) is -0.211. The Kier molecular flexibility index (Phi) is 10.4. The van der Waals surface area contributed by atoms with Gasteiger partial charge in [0.15, 0.2) is 0 Å². The lowest BCUT2D eigenvalue weighted by atomic mass is 9.71. The molecule has 0 nitrogen and oxygen atoms in total. The van der Waals surface area contributed by atoms with E-state index in [0.717, 1.165) is 0 Å². The molecule has 0 radical (unpaired) electrons. The molecule has 0 spiro atoms. The Morgan fingerprint density at radius 2 is 0.357 bits per heavy atom. The Bertz CT molecular complexity index is 3490. The number of hydrogen-bond acceptors (Lipinski definition) is 0. The molecule has 0 saturated heterocycles. The fourth-order valence-electron chi connectivity index (χ4n) is 13.4. The van der Waals surface area contributed by atoms with E-state index in [1.54, 1.807) is 0 Å². The number of aryl methyl sites for hydroxylation is 9. The van der Waals surface area contributed by atoms with E-state index in [1.165, 1.54) is 165 Å². The molecule has 0 unspecified atom stereocenters. The molecule has 12 aromatic rings. The zero-order valence-electron chi connectivity index (χ0n) is 41.9. The van der Waals surface area contributed by atoms with Gasteiger partial charge in [-0.15, -0.1) is 0 Å². The van der Waals surface area contributed by atoms with Gasteiger partial charge in [-0.05, 0) is 210 Å². The summed E-state index contributed by atoms with van der Waals surface area (Å²) >= 11 is 0. The molecular formula is C70H58. The van der Waals surface area contributed by atoms with E-state index < -0.39 is 0 Å². The molecule has 0 heterocycles. The first kappa shape index (κ1) is 43.5. The van der Waals surface area contributed by atoms with E-state index in [4.69, 9.17) is 0 Å². The van der Waals surface area contributed by atoms with Crippen LogP contribution in [0.15, 0.2) is 182 Å². The van der Waals surface area contributed by atoms with Crippen LogP contribution in [0.4, 0.5) is 0 Å². The van der Waals surface area contributed by atoms with Crippen LogP contribution in [0.1, 0.15) is 72.7 Å².